The number of rotatable bonds is 7. The molecule has 0 spiro atoms. The molecule has 0 atom stereocenters. The maximum absolute atomic E-state index is 12.9. The molecule has 14 heteroatoms. The lowest BCUT2D eigenvalue weighted by molar-refractivity contribution is -0.137. The number of hydrogen-bond acceptors (Lipinski definition) is 8. The lowest BCUT2D eigenvalue weighted by Crippen LogP contribution is -2.38. The van der Waals surface area contributed by atoms with Crippen LogP contribution in [0.5, 0.6) is 17.6 Å². The molecule has 41 heavy (non-hydrogen) atoms. The first-order valence-electron chi connectivity index (χ1n) is 12.2. The molecule has 2 amide bonds. The van der Waals surface area contributed by atoms with Crippen LogP contribution in [0.2, 0.25) is 0 Å². The minimum Gasteiger partial charge on any atom is -0.468 e. The number of aromatic nitrogens is 5. The molecule has 0 aliphatic carbocycles. The number of carbonyl (C=O) groups excluding carboxylic acids is 1. The summed E-state index contributed by atoms with van der Waals surface area (Å²) in [5.74, 6) is 0.945. The molecule has 11 nitrogen and oxygen atoms in total. The van der Waals surface area contributed by atoms with Crippen LogP contribution in [0, 0.1) is 0 Å². The number of fused-ring (bicyclic) bond motifs is 1. The summed E-state index contributed by atoms with van der Waals surface area (Å²) in [5, 5.41) is 9.33. The van der Waals surface area contributed by atoms with Crippen molar-refractivity contribution >= 4 is 23.1 Å². The molecule has 3 aromatic heterocycles. The van der Waals surface area contributed by atoms with E-state index in [2.05, 4.69) is 30.7 Å². The van der Waals surface area contributed by atoms with Gasteiger partial charge < -0.3 is 24.8 Å². The zero-order valence-corrected chi connectivity index (χ0v) is 21.0. The SMILES string of the molecule is O=C(Nc1cnc(Oc2ccc(-c3cnc4ccc(OC5COC5)nn34)cc2)nc1)Nc1cccc(C(F)(F)F)c1. The number of nitrogens with zero attached hydrogens (tertiary/aromatic N) is 5. The van der Waals surface area contributed by atoms with Gasteiger partial charge in [-0.25, -0.2) is 24.3 Å². The summed E-state index contributed by atoms with van der Waals surface area (Å²) >= 11 is 0. The second kappa shape index (κ2) is 10.7. The quantitative estimate of drug-likeness (QED) is 0.269. The predicted octanol–water partition coefficient (Wildman–Crippen LogP) is 5.42. The van der Waals surface area contributed by atoms with Gasteiger partial charge in [0.1, 0.15) is 11.9 Å². The lowest BCUT2D eigenvalue weighted by Gasteiger charge is -2.25. The van der Waals surface area contributed by atoms with E-state index in [0.29, 0.717) is 30.5 Å². The average Bonchev–Trinajstić information content (AvgIpc) is 3.35. The van der Waals surface area contributed by atoms with E-state index < -0.39 is 17.8 Å². The number of amides is 2. The van der Waals surface area contributed by atoms with Crippen LogP contribution in [-0.2, 0) is 10.9 Å². The molecule has 0 unspecified atom stereocenters. The standard InChI is InChI=1S/C27H20F3N7O4/c28-27(29,30)17-2-1-3-18(10-17)34-25(38)35-19-11-32-26(33-12-19)41-20-6-4-16(5-7-20)22-13-31-23-8-9-24(36-37(22)23)40-21-14-39-15-21/h1-13,21H,14-15H2,(H2,34,35,38). The summed E-state index contributed by atoms with van der Waals surface area (Å²) in [6.07, 6.45) is -0.193. The van der Waals surface area contributed by atoms with Gasteiger partial charge in [-0.1, -0.05) is 6.07 Å². The number of ether oxygens (including phenoxy) is 3. The van der Waals surface area contributed by atoms with Gasteiger partial charge in [-0.3, -0.25) is 0 Å². The molecule has 0 radical (unpaired) electrons. The number of urea groups is 1. The van der Waals surface area contributed by atoms with Crippen LogP contribution in [0.3, 0.4) is 0 Å². The largest absolute Gasteiger partial charge is 0.468 e. The highest BCUT2D eigenvalue weighted by molar-refractivity contribution is 5.99. The highest BCUT2D eigenvalue weighted by atomic mass is 19.4. The zero-order chi connectivity index (χ0) is 28.4. The first-order valence-corrected chi connectivity index (χ1v) is 12.2. The van der Waals surface area contributed by atoms with Crippen LogP contribution >= 0.6 is 0 Å². The van der Waals surface area contributed by atoms with E-state index in [9.17, 15) is 18.0 Å². The molecule has 0 saturated carbocycles. The van der Waals surface area contributed by atoms with Crippen LogP contribution in [0.25, 0.3) is 16.9 Å². The molecule has 1 fully saturated rings. The number of benzene rings is 2. The number of alkyl halides is 3. The van der Waals surface area contributed by atoms with Crippen molar-refractivity contribution in [2.45, 2.75) is 12.3 Å². The predicted molar refractivity (Wildman–Crippen MR) is 140 cm³/mol. The van der Waals surface area contributed by atoms with Crippen LogP contribution in [0.4, 0.5) is 29.3 Å². The topological polar surface area (TPSA) is 125 Å². The van der Waals surface area contributed by atoms with Crippen LogP contribution in [0.1, 0.15) is 5.56 Å². The summed E-state index contributed by atoms with van der Waals surface area (Å²) in [7, 11) is 0. The summed E-state index contributed by atoms with van der Waals surface area (Å²) in [6, 6.07) is 14.3. The summed E-state index contributed by atoms with van der Waals surface area (Å²) < 4.78 is 57.0. The van der Waals surface area contributed by atoms with E-state index in [4.69, 9.17) is 14.2 Å². The van der Waals surface area contributed by atoms with Gasteiger partial charge in [0.15, 0.2) is 5.65 Å². The van der Waals surface area contributed by atoms with E-state index in [1.54, 1.807) is 28.9 Å². The molecule has 1 aliphatic heterocycles. The fourth-order valence-electron chi connectivity index (χ4n) is 3.87. The Labute approximate surface area is 229 Å². The van der Waals surface area contributed by atoms with E-state index >= 15 is 0 Å². The van der Waals surface area contributed by atoms with Crippen molar-refractivity contribution in [2.24, 2.45) is 0 Å². The summed E-state index contributed by atoms with van der Waals surface area (Å²) in [6.45, 7) is 1.08. The van der Waals surface area contributed by atoms with E-state index in [-0.39, 0.29) is 23.5 Å². The van der Waals surface area contributed by atoms with Gasteiger partial charge in [-0.2, -0.15) is 13.2 Å². The molecule has 1 saturated heterocycles. The third kappa shape index (κ3) is 6.01. The molecular formula is C27H20F3N7O4. The van der Waals surface area contributed by atoms with Crippen LogP contribution in [-0.4, -0.2) is 49.9 Å². The second-order valence-corrected chi connectivity index (χ2v) is 8.90. The molecule has 6 rings (SSSR count). The molecule has 2 N–H and O–H groups in total. The number of anilines is 2. The smallest absolute Gasteiger partial charge is 0.416 e. The Morgan fingerprint density at radius 3 is 2.39 bits per heavy atom. The second-order valence-electron chi connectivity index (χ2n) is 8.90. The number of hydrogen-bond donors (Lipinski definition) is 2. The first-order chi connectivity index (χ1) is 19.8. The number of imidazole rings is 1. The van der Waals surface area contributed by atoms with Crippen molar-refractivity contribution in [3.63, 3.8) is 0 Å². The molecule has 208 valence electrons. The maximum Gasteiger partial charge on any atom is 0.416 e. The van der Waals surface area contributed by atoms with Gasteiger partial charge in [0.2, 0.25) is 5.88 Å². The minimum absolute atomic E-state index is 0.00275. The minimum atomic E-state index is -4.52. The highest BCUT2D eigenvalue weighted by Gasteiger charge is 2.30. The third-order valence-corrected chi connectivity index (χ3v) is 5.93. The molecule has 5 aromatic rings. The lowest BCUT2D eigenvalue weighted by atomic mass is 10.1. The molecular weight excluding hydrogens is 543 g/mol. The third-order valence-electron chi connectivity index (χ3n) is 5.93. The molecule has 2 aromatic carbocycles. The number of nitrogens with one attached hydrogen (secondary N) is 2. The fraction of sp³-hybridized carbons (Fsp3) is 0.148. The van der Waals surface area contributed by atoms with E-state index in [1.807, 2.05) is 18.2 Å². The van der Waals surface area contributed by atoms with Crippen molar-refractivity contribution in [1.82, 2.24) is 24.6 Å². The molecule has 4 heterocycles. The Bertz CT molecular complexity index is 1690. The Hall–Kier alpha value is -5.24. The van der Waals surface area contributed by atoms with Crippen molar-refractivity contribution < 1.29 is 32.2 Å². The van der Waals surface area contributed by atoms with Gasteiger partial charge in [-0.05, 0) is 48.5 Å². The van der Waals surface area contributed by atoms with Gasteiger partial charge in [0.25, 0.3) is 0 Å². The molecule has 1 aliphatic rings. The van der Waals surface area contributed by atoms with E-state index in [1.165, 1.54) is 24.5 Å². The Morgan fingerprint density at radius 1 is 0.927 bits per heavy atom. The van der Waals surface area contributed by atoms with Crippen molar-refractivity contribution in [3.05, 3.63) is 84.8 Å². The van der Waals surface area contributed by atoms with Crippen molar-refractivity contribution in [2.75, 3.05) is 23.8 Å². The van der Waals surface area contributed by atoms with Crippen molar-refractivity contribution in [1.29, 1.82) is 0 Å². The van der Waals surface area contributed by atoms with Gasteiger partial charge in [0, 0.05) is 17.3 Å². The zero-order valence-electron chi connectivity index (χ0n) is 21.0. The fourth-order valence-corrected chi connectivity index (χ4v) is 3.87. The van der Waals surface area contributed by atoms with Gasteiger partial charge >= 0.3 is 18.2 Å². The Balaban J connectivity index is 1.07. The van der Waals surface area contributed by atoms with Gasteiger partial charge in [0.05, 0.1) is 48.7 Å². The Morgan fingerprint density at radius 2 is 1.68 bits per heavy atom. The Kier molecular flexibility index (Phi) is 6.81. The number of halogens is 3. The summed E-state index contributed by atoms with van der Waals surface area (Å²) in [5.41, 5.74) is 1.60. The molecule has 0 bridgehead atoms. The van der Waals surface area contributed by atoms with Crippen molar-refractivity contribution in [3.8, 4) is 28.9 Å². The maximum atomic E-state index is 12.9. The monoisotopic (exact) mass is 563 g/mol. The van der Waals surface area contributed by atoms with Crippen LogP contribution in [0.15, 0.2) is 79.3 Å². The average molecular weight is 563 g/mol. The highest BCUT2D eigenvalue weighted by Crippen LogP contribution is 2.31. The first kappa shape index (κ1) is 26.0. The van der Waals surface area contributed by atoms with Gasteiger partial charge in [-0.15, -0.1) is 5.10 Å². The summed E-state index contributed by atoms with van der Waals surface area (Å²) in [4.78, 5) is 24.7. The van der Waals surface area contributed by atoms with Crippen LogP contribution < -0.4 is 20.1 Å². The number of carbonyl (C=O) groups is 1. The normalized spacial score (nSPS) is 13.4. The van der Waals surface area contributed by atoms with E-state index in [0.717, 1.165) is 23.4 Å².